The number of hydrogen-bond donors (Lipinski definition) is 0. The summed E-state index contributed by atoms with van der Waals surface area (Å²) in [5.41, 5.74) is 11.7. The third-order valence-electron chi connectivity index (χ3n) is 10.3. The van der Waals surface area contributed by atoms with Gasteiger partial charge in [-0.3, -0.25) is 4.98 Å². The Morgan fingerprint density at radius 3 is 1.41 bits per heavy atom. The van der Waals surface area contributed by atoms with Crippen LogP contribution in [0.2, 0.25) is 0 Å². The van der Waals surface area contributed by atoms with Crippen LogP contribution < -0.4 is 0 Å². The topological polar surface area (TPSA) is 38.7 Å². The van der Waals surface area contributed by atoms with E-state index in [4.69, 9.17) is 9.97 Å². The summed E-state index contributed by atoms with van der Waals surface area (Å²) in [5, 5.41) is 7.42. The Bertz CT molecular complexity index is 2970. The molecule has 0 amide bonds. The zero-order valence-electron chi connectivity index (χ0n) is 29.4. The van der Waals surface area contributed by atoms with E-state index in [0.29, 0.717) is 5.82 Å². The van der Waals surface area contributed by atoms with E-state index in [2.05, 4.69) is 181 Å². The lowest BCUT2D eigenvalue weighted by molar-refractivity contribution is 1.18. The highest BCUT2D eigenvalue weighted by Gasteiger charge is 2.16. The molecule has 0 radical (unpaired) electrons. The zero-order chi connectivity index (χ0) is 35.8. The molecule has 252 valence electrons. The quantitative estimate of drug-likeness (QED) is 0.163. The maximum atomic E-state index is 5.23. The molecule has 0 bridgehead atoms. The van der Waals surface area contributed by atoms with Gasteiger partial charge in [0.1, 0.15) is 0 Å². The van der Waals surface area contributed by atoms with Gasteiger partial charge in [-0.2, -0.15) is 0 Å². The Balaban J connectivity index is 1.16. The lowest BCUT2D eigenvalue weighted by Gasteiger charge is -2.16. The summed E-state index contributed by atoms with van der Waals surface area (Å²) in [5.74, 6) is 0.683. The summed E-state index contributed by atoms with van der Waals surface area (Å²) >= 11 is 0. The number of benzene rings is 8. The number of aromatic nitrogens is 3. The molecule has 0 saturated carbocycles. The number of rotatable bonds is 6. The van der Waals surface area contributed by atoms with E-state index in [1.165, 1.54) is 49.0 Å². The van der Waals surface area contributed by atoms with Crippen molar-refractivity contribution >= 4 is 32.3 Å². The van der Waals surface area contributed by atoms with Crippen molar-refractivity contribution < 1.29 is 0 Å². The number of pyridine rings is 1. The van der Waals surface area contributed by atoms with Gasteiger partial charge < -0.3 is 0 Å². The number of fused-ring (bicyclic) bond motifs is 5. The smallest absolute Gasteiger partial charge is 0.160 e. The van der Waals surface area contributed by atoms with Crippen molar-refractivity contribution in [2.45, 2.75) is 0 Å². The van der Waals surface area contributed by atoms with Crippen molar-refractivity contribution in [3.8, 4) is 67.3 Å². The molecule has 3 heteroatoms. The van der Waals surface area contributed by atoms with Crippen molar-refractivity contribution in [3.63, 3.8) is 0 Å². The lowest BCUT2D eigenvalue weighted by Crippen LogP contribution is -1.96. The molecule has 2 aromatic heterocycles. The van der Waals surface area contributed by atoms with Crippen LogP contribution in [0.3, 0.4) is 0 Å². The predicted molar refractivity (Wildman–Crippen MR) is 225 cm³/mol. The van der Waals surface area contributed by atoms with E-state index in [9.17, 15) is 0 Å². The van der Waals surface area contributed by atoms with Gasteiger partial charge in [0.2, 0.25) is 0 Å². The summed E-state index contributed by atoms with van der Waals surface area (Å²) in [4.78, 5) is 14.8. The van der Waals surface area contributed by atoms with Crippen LogP contribution in [0.25, 0.3) is 99.6 Å². The highest BCUT2D eigenvalue weighted by Crippen LogP contribution is 2.42. The van der Waals surface area contributed by atoms with E-state index in [1.807, 2.05) is 18.3 Å². The minimum Gasteiger partial charge on any atom is -0.264 e. The van der Waals surface area contributed by atoms with Gasteiger partial charge in [0.25, 0.3) is 0 Å². The van der Waals surface area contributed by atoms with Crippen LogP contribution in [0, 0.1) is 0 Å². The van der Waals surface area contributed by atoms with Crippen molar-refractivity contribution in [2.75, 3.05) is 0 Å². The van der Waals surface area contributed by atoms with Crippen molar-refractivity contribution in [2.24, 2.45) is 0 Å². The maximum Gasteiger partial charge on any atom is 0.160 e. The molecule has 0 aliphatic heterocycles. The van der Waals surface area contributed by atoms with Crippen molar-refractivity contribution in [1.82, 2.24) is 15.0 Å². The second-order valence-electron chi connectivity index (χ2n) is 13.6. The molecule has 0 saturated heterocycles. The molecule has 0 N–H and O–H groups in total. The first-order valence-electron chi connectivity index (χ1n) is 18.3. The molecule has 8 aromatic carbocycles. The molecule has 0 fully saturated rings. The standard InChI is InChI=1S/C51H33N3/c1-3-14-34(15-4-1)45-30-47-44-26-10-8-24-42(44)46(31-48(47)43-25-9-7-23-41(43)45)37-19-12-21-39(29-37)51-53-49(35-16-5-2-6-17-35)32-50(54-51)38-20-11-18-36(28-38)40-22-13-27-52-33-40/h1-33H. The zero-order valence-corrected chi connectivity index (χ0v) is 29.4. The van der Waals surface area contributed by atoms with Gasteiger partial charge in [-0.25, -0.2) is 9.97 Å². The lowest BCUT2D eigenvalue weighted by atomic mass is 9.87. The first-order valence-corrected chi connectivity index (χ1v) is 18.3. The third-order valence-corrected chi connectivity index (χ3v) is 10.3. The minimum atomic E-state index is 0.683. The Hall–Kier alpha value is -7.23. The predicted octanol–water partition coefficient (Wildman–Crippen LogP) is 13.3. The van der Waals surface area contributed by atoms with Crippen molar-refractivity contribution in [1.29, 1.82) is 0 Å². The molecular weight excluding hydrogens is 655 g/mol. The van der Waals surface area contributed by atoms with Crippen LogP contribution in [-0.4, -0.2) is 15.0 Å². The molecule has 54 heavy (non-hydrogen) atoms. The van der Waals surface area contributed by atoms with Crippen LogP contribution in [0.1, 0.15) is 0 Å². The van der Waals surface area contributed by atoms with Gasteiger partial charge in [0.05, 0.1) is 11.4 Å². The summed E-state index contributed by atoms with van der Waals surface area (Å²) in [6.07, 6.45) is 3.70. The monoisotopic (exact) mass is 687 g/mol. The first-order chi connectivity index (χ1) is 26.8. The summed E-state index contributed by atoms with van der Waals surface area (Å²) in [7, 11) is 0. The summed E-state index contributed by atoms with van der Waals surface area (Å²) < 4.78 is 0. The number of nitrogens with zero attached hydrogens (tertiary/aromatic N) is 3. The summed E-state index contributed by atoms with van der Waals surface area (Å²) in [6, 6.07) is 66.7. The Morgan fingerprint density at radius 2 is 0.759 bits per heavy atom. The maximum absolute atomic E-state index is 5.23. The molecule has 0 unspecified atom stereocenters. The SMILES string of the molecule is c1ccc(-c2cc(-c3cccc(-c4cccnc4)c3)nc(-c3cccc(-c4cc5c6ccccc6c(-c6ccccc6)cc5c5ccccc45)c3)n2)cc1. The van der Waals surface area contributed by atoms with Gasteiger partial charge >= 0.3 is 0 Å². The molecule has 0 spiro atoms. The molecule has 10 rings (SSSR count). The van der Waals surface area contributed by atoms with Crippen LogP contribution in [0.4, 0.5) is 0 Å². The van der Waals surface area contributed by atoms with E-state index in [0.717, 1.165) is 44.8 Å². The fraction of sp³-hybridized carbons (Fsp3) is 0. The van der Waals surface area contributed by atoms with Crippen molar-refractivity contribution in [3.05, 3.63) is 200 Å². The fourth-order valence-corrected chi connectivity index (χ4v) is 7.74. The Kier molecular flexibility index (Phi) is 7.81. The summed E-state index contributed by atoms with van der Waals surface area (Å²) in [6.45, 7) is 0. The molecule has 10 aromatic rings. The van der Waals surface area contributed by atoms with E-state index < -0.39 is 0 Å². The van der Waals surface area contributed by atoms with Crippen LogP contribution in [-0.2, 0) is 0 Å². The van der Waals surface area contributed by atoms with Crippen LogP contribution in [0.5, 0.6) is 0 Å². The molecule has 3 nitrogen and oxygen atoms in total. The molecule has 0 aliphatic rings. The van der Waals surface area contributed by atoms with Gasteiger partial charge in [0.15, 0.2) is 5.82 Å². The molecule has 2 heterocycles. The van der Waals surface area contributed by atoms with Gasteiger partial charge in [-0.15, -0.1) is 0 Å². The average molecular weight is 688 g/mol. The highest BCUT2D eigenvalue weighted by atomic mass is 14.9. The number of hydrogen-bond acceptors (Lipinski definition) is 3. The third kappa shape index (κ3) is 5.69. The van der Waals surface area contributed by atoms with Gasteiger partial charge in [0, 0.05) is 34.6 Å². The highest BCUT2D eigenvalue weighted by molar-refractivity contribution is 6.23. The average Bonchev–Trinajstić information content (AvgIpc) is 3.26. The van der Waals surface area contributed by atoms with E-state index in [1.54, 1.807) is 6.20 Å². The first kappa shape index (κ1) is 31.5. The van der Waals surface area contributed by atoms with Gasteiger partial charge in [-0.05, 0) is 96.5 Å². The normalized spacial score (nSPS) is 11.3. The van der Waals surface area contributed by atoms with Crippen LogP contribution in [0.15, 0.2) is 200 Å². The molecule has 0 atom stereocenters. The second kappa shape index (κ2) is 13.4. The van der Waals surface area contributed by atoms with Gasteiger partial charge in [-0.1, -0.05) is 152 Å². The van der Waals surface area contributed by atoms with Crippen LogP contribution >= 0.6 is 0 Å². The van der Waals surface area contributed by atoms with E-state index >= 15 is 0 Å². The fourth-order valence-electron chi connectivity index (χ4n) is 7.74. The van der Waals surface area contributed by atoms with E-state index in [-0.39, 0.29) is 0 Å². The Labute approximate surface area is 313 Å². The molecule has 0 aliphatic carbocycles. The Morgan fingerprint density at radius 1 is 0.278 bits per heavy atom. The minimum absolute atomic E-state index is 0.683. The second-order valence-corrected chi connectivity index (χ2v) is 13.6. The largest absolute Gasteiger partial charge is 0.264 e. The molecular formula is C51H33N3.